The summed E-state index contributed by atoms with van der Waals surface area (Å²) >= 11 is 0. The summed E-state index contributed by atoms with van der Waals surface area (Å²) in [4.78, 5) is 14.0. The first kappa shape index (κ1) is 18.2. The number of rotatable bonds is 7. The summed E-state index contributed by atoms with van der Waals surface area (Å²) in [6.07, 6.45) is 6.89. The molecule has 2 heterocycles. The maximum Gasteiger partial charge on any atom is 0.317 e. The number of aromatic nitrogens is 2. The minimum absolute atomic E-state index is 0.0762. The van der Waals surface area contributed by atoms with Crippen LogP contribution in [0.2, 0.25) is 0 Å². The van der Waals surface area contributed by atoms with E-state index in [-0.39, 0.29) is 18.4 Å². The van der Waals surface area contributed by atoms with E-state index in [1.807, 2.05) is 21.8 Å². The number of carbonyl (C=O) groups is 1. The zero-order chi connectivity index (χ0) is 18.2. The van der Waals surface area contributed by atoms with E-state index < -0.39 is 5.82 Å². The van der Waals surface area contributed by atoms with E-state index in [0.29, 0.717) is 12.5 Å². The summed E-state index contributed by atoms with van der Waals surface area (Å²) in [6, 6.07) is 8.11. The molecular formula is C19H25FN4O2. The molecule has 2 amide bonds. The number of benzene rings is 1. The lowest BCUT2D eigenvalue weighted by Crippen LogP contribution is -2.45. The van der Waals surface area contributed by atoms with Crippen LogP contribution in [-0.4, -0.2) is 47.0 Å². The number of hydrogen-bond donors (Lipinski definition) is 1. The summed E-state index contributed by atoms with van der Waals surface area (Å²) in [6.45, 7) is 3.06. The molecule has 1 saturated heterocycles. The Morgan fingerprint density at radius 3 is 2.81 bits per heavy atom. The molecule has 1 aromatic heterocycles. The van der Waals surface area contributed by atoms with Crippen LogP contribution in [0.4, 0.5) is 9.18 Å². The molecule has 0 unspecified atom stereocenters. The summed E-state index contributed by atoms with van der Waals surface area (Å²) in [5, 5.41) is 7.06. The van der Waals surface area contributed by atoms with E-state index in [4.69, 9.17) is 4.74 Å². The van der Waals surface area contributed by atoms with E-state index in [0.717, 1.165) is 38.9 Å². The number of ether oxygens (including phenoxy) is 1. The molecule has 0 spiro atoms. The first-order chi connectivity index (χ1) is 12.7. The third-order valence-corrected chi connectivity index (χ3v) is 4.70. The van der Waals surface area contributed by atoms with E-state index in [1.54, 1.807) is 24.4 Å². The van der Waals surface area contributed by atoms with Crippen molar-refractivity contribution in [3.63, 3.8) is 0 Å². The highest BCUT2D eigenvalue weighted by atomic mass is 19.1. The molecule has 7 heteroatoms. The van der Waals surface area contributed by atoms with Crippen molar-refractivity contribution in [1.29, 1.82) is 0 Å². The Kier molecular flexibility index (Phi) is 6.46. The maximum absolute atomic E-state index is 13.4. The van der Waals surface area contributed by atoms with Crippen LogP contribution in [0.5, 0.6) is 5.75 Å². The van der Waals surface area contributed by atoms with E-state index >= 15 is 0 Å². The second kappa shape index (κ2) is 9.22. The van der Waals surface area contributed by atoms with Gasteiger partial charge in [-0.1, -0.05) is 12.1 Å². The van der Waals surface area contributed by atoms with Gasteiger partial charge in [-0.3, -0.25) is 4.68 Å². The third kappa shape index (κ3) is 5.21. The molecule has 1 N–H and O–H groups in total. The fourth-order valence-corrected chi connectivity index (χ4v) is 3.16. The van der Waals surface area contributed by atoms with Crippen LogP contribution in [0, 0.1) is 11.7 Å². The Morgan fingerprint density at radius 1 is 1.27 bits per heavy atom. The second-order valence-electron chi connectivity index (χ2n) is 6.50. The summed E-state index contributed by atoms with van der Waals surface area (Å²) in [7, 11) is 0. The number of carbonyl (C=O) groups excluding carboxylic acids is 1. The number of para-hydroxylation sites is 1. The molecule has 1 aliphatic rings. The van der Waals surface area contributed by atoms with Gasteiger partial charge in [-0.25, -0.2) is 9.18 Å². The molecule has 0 saturated carbocycles. The van der Waals surface area contributed by atoms with Crippen LogP contribution >= 0.6 is 0 Å². The Labute approximate surface area is 152 Å². The van der Waals surface area contributed by atoms with Crippen LogP contribution in [0.25, 0.3) is 0 Å². The molecule has 6 nitrogen and oxygen atoms in total. The van der Waals surface area contributed by atoms with Crippen molar-refractivity contribution in [2.45, 2.75) is 25.8 Å². The average molecular weight is 360 g/mol. The Balaban J connectivity index is 1.30. The number of aryl methyl sites for hydroxylation is 1. The molecule has 26 heavy (non-hydrogen) atoms. The molecule has 0 aliphatic carbocycles. The molecule has 1 aromatic carbocycles. The monoisotopic (exact) mass is 360 g/mol. The molecule has 1 fully saturated rings. The van der Waals surface area contributed by atoms with Gasteiger partial charge in [0.05, 0.1) is 6.54 Å². The Hall–Kier alpha value is -2.57. The summed E-state index contributed by atoms with van der Waals surface area (Å²) in [5.41, 5.74) is 0. The molecule has 3 rings (SSSR count). The third-order valence-electron chi connectivity index (χ3n) is 4.70. The normalized spacial score (nSPS) is 15.0. The zero-order valence-corrected chi connectivity index (χ0v) is 14.8. The number of urea groups is 1. The van der Waals surface area contributed by atoms with Gasteiger partial charge in [0, 0.05) is 32.0 Å². The topological polar surface area (TPSA) is 59.4 Å². The van der Waals surface area contributed by atoms with E-state index in [2.05, 4.69) is 10.4 Å². The van der Waals surface area contributed by atoms with Gasteiger partial charge < -0.3 is 15.0 Å². The Morgan fingerprint density at radius 2 is 2.08 bits per heavy atom. The first-order valence-electron chi connectivity index (χ1n) is 9.10. The van der Waals surface area contributed by atoms with Gasteiger partial charge in [-0.05, 0) is 43.4 Å². The maximum atomic E-state index is 13.4. The van der Waals surface area contributed by atoms with Crippen molar-refractivity contribution >= 4 is 6.03 Å². The highest BCUT2D eigenvalue weighted by Gasteiger charge is 2.22. The largest absolute Gasteiger partial charge is 0.489 e. The van der Waals surface area contributed by atoms with Gasteiger partial charge in [-0.15, -0.1) is 0 Å². The number of halogens is 1. The molecule has 2 aromatic rings. The van der Waals surface area contributed by atoms with Crippen molar-refractivity contribution < 1.29 is 13.9 Å². The smallest absolute Gasteiger partial charge is 0.317 e. The van der Waals surface area contributed by atoms with Gasteiger partial charge in [0.1, 0.15) is 6.61 Å². The Bertz CT molecular complexity index is 685. The number of amides is 2. The van der Waals surface area contributed by atoms with Crippen LogP contribution < -0.4 is 10.1 Å². The zero-order valence-electron chi connectivity index (χ0n) is 14.8. The predicted octanol–water partition coefficient (Wildman–Crippen LogP) is 2.91. The SMILES string of the molecule is O=C(NCCOc1ccccc1F)N1CCC(CCn2cccn2)CC1. The number of piperidine rings is 1. The minimum Gasteiger partial charge on any atom is -0.489 e. The van der Waals surface area contributed by atoms with Crippen molar-refractivity contribution in [2.24, 2.45) is 5.92 Å². The number of hydrogen-bond acceptors (Lipinski definition) is 3. The van der Waals surface area contributed by atoms with Crippen LogP contribution in [0.15, 0.2) is 42.7 Å². The molecule has 1 aliphatic heterocycles. The highest BCUT2D eigenvalue weighted by Crippen LogP contribution is 2.21. The van der Waals surface area contributed by atoms with Crippen molar-refractivity contribution in [1.82, 2.24) is 20.0 Å². The first-order valence-corrected chi connectivity index (χ1v) is 9.10. The number of nitrogens with zero attached hydrogens (tertiary/aromatic N) is 3. The van der Waals surface area contributed by atoms with Gasteiger partial charge >= 0.3 is 6.03 Å². The van der Waals surface area contributed by atoms with Crippen LogP contribution in [0.1, 0.15) is 19.3 Å². The van der Waals surface area contributed by atoms with Gasteiger partial charge in [0.25, 0.3) is 0 Å². The average Bonchev–Trinajstić information content (AvgIpc) is 3.19. The summed E-state index contributed by atoms with van der Waals surface area (Å²) < 4.78 is 20.7. The molecule has 0 radical (unpaired) electrons. The standard InChI is InChI=1S/C19H25FN4O2/c20-17-4-1-2-5-18(17)26-15-10-21-19(25)23-12-6-16(7-13-23)8-14-24-11-3-9-22-24/h1-5,9,11,16H,6-8,10,12-15H2,(H,21,25). The lowest BCUT2D eigenvalue weighted by molar-refractivity contribution is 0.164. The molecule has 140 valence electrons. The molecule has 0 bridgehead atoms. The fraction of sp³-hybridized carbons (Fsp3) is 0.474. The van der Waals surface area contributed by atoms with Crippen molar-refractivity contribution in [3.8, 4) is 5.75 Å². The lowest BCUT2D eigenvalue weighted by atomic mass is 9.94. The highest BCUT2D eigenvalue weighted by molar-refractivity contribution is 5.74. The van der Waals surface area contributed by atoms with Crippen LogP contribution in [0.3, 0.4) is 0 Å². The minimum atomic E-state index is -0.393. The number of nitrogens with one attached hydrogen (secondary N) is 1. The van der Waals surface area contributed by atoms with E-state index in [9.17, 15) is 9.18 Å². The lowest BCUT2D eigenvalue weighted by Gasteiger charge is -2.32. The quantitative estimate of drug-likeness (QED) is 0.773. The van der Waals surface area contributed by atoms with Gasteiger partial charge in [0.15, 0.2) is 11.6 Å². The van der Waals surface area contributed by atoms with Crippen molar-refractivity contribution in [3.05, 3.63) is 48.5 Å². The molecule has 0 atom stereocenters. The second-order valence-corrected chi connectivity index (χ2v) is 6.50. The van der Waals surface area contributed by atoms with Gasteiger partial charge in [0.2, 0.25) is 0 Å². The van der Waals surface area contributed by atoms with Crippen LogP contribution in [-0.2, 0) is 6.54 Å². The fourth-order valence-electron chi connectivity index (χ4n) is 3.16. The molecular weight excluding hydrogens is 335 g/mol. The van der Waals surface area contributed by atoms with Crippen molar-refractivity contribution in [2.75, 3.05) is 26.2 Å². The predicted molar refractivity (Wildman–Crippen MR) is 96.4 cm³/mol. The number of likely N-dealkylation sites (tertiary alicyclic amines) is 1. The van der Waals surface area contributed by atoms with E-state index in [1.165, 1.54) is 6.07 Å². The summed E-state index contributed by atoms with van der Waals surface area (Å²) in [5.74, 6) is 0.448. The van der Waals surface area contributed by atoms with Gasteiger partial charge in [-0.2, -0.15) is 5.10 Å².